The molecule has 0 radical (unpaired) electrons. The SMILES string of the molecule is Cc1ncc(-c2ncco2)o1. The van der Waals surface area contributed by atoms with Crippen LogP contribution in [0.4, 0.5) is 0 Å². The van der Waals surface area contributed by atoms with E-state index in [0.29, 0.717) is 17.5 Å². The zero-order valence-electron chi connectivity index (χ0n) is 5.94. The number of oxazole rings is 2. The molecule has 0 saturated carbocycles. The Morgan fingerprint density at radius 3 is 2.82 bits per heavy atom. The average Bonchev–Trinajstić information content (AvgIpc) is 2.55. The third-order valence-corrected chi connectivity index (χ3v) is 1.26. The number of nitrogens with zero attached hydrogens (tertiary/aromatic N) is 2. The van der Waals surface area contributed by atoms with Gasteiger partial charge in [0.1, 0.15) is 6.26 Å². The number of rotatable bonds is 1. The average molecular weight is 150 g/mol. The van der Waals surface area contributed by atoms with E-state index < -0.39 is 0 Å². The molecule has 2 aromatic heterocycles. The Balaban J connectivity index is 2.45. The minimum absolute atomic E-state index is 0.464. The number of hydrogen-bond donors (Lipinski definition) is 0. The van der Waals surface area contributed by atoms with Gasteiger partial charge in [-0.3, -0.25) is 0 Å². The van der Waals surface area contributed by atoms with Crippen LogP contribution in [0.15, 0.2) is 27.5 Å². The third-order valence-electron chi connectivity index (χ3n) is 1.26. The van der Waals surface area contributed by atoms with Gasteiger partial charge in [0, 0.05) is 6.92 Å². The van der Waals surface area contributed by atoms with Crippen molar-refractivity contribution in [2.45, 2.75) is 6.92 Å². The van der Waals surface area contributed by atoms with Crippen molar-refractivity contribution >= 4 is 0 Å². The van der Waals surface area contributed by atoms with Gasteiger partial charge in [-0.1, -0.05) is 0 Å². The zero-order chi connectivity index (χ0) is 7.68. The van der Waals surface area contributed by atoms with Crippen molar-refractivity contribution in [1.82, 2.24) is 9.97 Å². The van der Waals surface area contributed by atoms with Crippen LogP contribution in [0.25, 0.3) is 11.7 Å². The molecular weight excluding hydrogens is 144 g/mol. The summed E-state index contributed by atoms with van der Waals surface area (Å²) in [6.45, 7) is 1.77. The van der Waals surface area contributed by atoms with E-state index in [1.54, 1.807) is 19.3 Å². The molecule has 4 nitrogen and oxygen atoms in total. The van der Waals surface area contributed by atoms with Gasteiger partial charge >= 0.3 is 0 Å². The molecular formula is C7H6N2O2. The van der Waals surface area contributed by atoms with Gasteiger partial charge < -0.3 is 8.83 Å². The highest BCUT2D eigenvalue weighted by Crippen LogP contribution is 2.16. The Morgan fingerprint density at radius 1 is 1.36 bits per heavy atom. The van der Waals surface area contributed by atoms with Gasteiger partial charge in [-0.05, 0) is 0 Å². The summed E-state index contributed by atoms with van der Waals surface area (Å²) in [5.41, 5.74) is 0. The van der Waals surface area contributed by atoms with Crippen molar-refractivity contribution in [2.75, 3.05) is 0 Å². The molecule has 0 saturated heterocycles. The number of hydrogen-bond acceptors (Lipinski definition) is 4. The lowest BCUT2D eigenvalue weighted by molar-refractivity contribution is 0.494. The van der Waals surface area contributed by atoms with Gasteiger partial charge in [0.25, 0.3) is 5.89 Å². The molecule has 2 heterocycles. The lowest BCUT2D eigenvalue weighted by Gasteiger charge is -1.83. The Kier molecular flexibility index (Phi) is 1.25. The summed E-state index contributed by atoms with van der Waals surface area (Å²) in [4.78, 5) is 7.81. The summed E-state index contributed by atoms with van der Waals surface area (Å²) in [7, 11) is 0. The molecule has 0 amide bonds. The molecule has 0 aliphatic heterocycles. The molecule has 0 aromatic carbocycles. The molecule has 2 aromatic rings. The Hall–Kier alpha value is -1.58. The molecule has 0 atom stereocenters. The number of aromatic nitrogens is 2. The van der Waals surface area contributed by atoms with Gasteiger partial charge in [-0.2, -0.15) is 0 Å². The van der Waals surface area contributed by atoms with Crippen molar-refractivity contribution in [2.24, 2.45) is 0 Å². The van der Waals surface area contributed by atoms with Gasteiger partial charge in [0.15, 0.2) is 5.89 Å². The van der Waals surface area contributed by atoms with Crippen molar-refractivity contribution in [3.05, 3.63) is 24.5 Å². The van der Waals surface area contributed by atoms with Gasteiger partial charge in [0.2, 0.25) is 5.76 Å². The minimum atomic E-state index is 0.464. The predicted molar refractivity (Wildman–Crippen MR) is 36.7 cm³/mol. The highest BCUT2D eigenvalue weighted by Gasteiger charge is 2.06. The van der Waals surface area contributed by atoms with Crippen molar-refractivity contribution in [3.8, 4) is 11.7 Å². The van der Waals surface area contributed by atoms with E-state index in [4.69, 9.17) is 8.83 Å². The van der Waals surface area contributed by atoms with Crippen LogP contribution >= 0.6 is 0 Å². The molecule has 0 spiro atoms. The van der Waals surface area contributed by atoms with Crippen LogP contribution < -0.4 is 0 Å². The molecule has 0 N–H and O–H groups in total. The maximum atomic E-state index is 5.16. The summed E-state index contributed by atoms with van der Waals surface area (Å²) < 4.78 is 10.1. The molecule has 11 heavy (non-hydrogen) atoms. The van der Waals surface area contributed by atoms with E-state index in [1.165, 1.54) is 6.26 Å². The molecule has 0 aliphatic rings. The normalized spacial score (nSPS) is 10.3. The second-order valence-electron chi connectivity index (χ2n) is 2.08. The Morgan fingerprint density at radius 2 is 2.27 bits per heavy atom. The molecule has 0 aliphatic carbocycles. The second-order valence-corrected chi connectivity index (χ2v) is 2.08. The van der Waals surface area contributed by atoms with Gasteiger partial charge in [0.05, 0.1) is 12.4 Å². The topological polar surface area (TPSA) is 52.1 Å². The molecule has 0 bridgehead atoms. The lowest BCUT2D eigenvalue weighted by atomic mass is 10.5. The predicted octanol–water partition coefficient (Wildman–Crippen LogP) is 1.64. The van der Waals surface area contributed by atoms with E-state index in [2.05, 4.69) is 9.97 Å². The maximum absolute atomic E-state index is 5.16. The van der Waals surface area contributed by atoms with Crippen LogP contribution in [0.5, 0.6) is 0 Å². The fourth-order valence-corrected chi connectivity index (χ4v) is 0.805. The van der Waals surface area contributed by atoms with Crippen LogP contribution in [-0.2, 0) is 0 Å². The highest BCUT2D eigenvalue weighted by molar-refractivity contribution is 5.41. The van der Waals surface area contributed by atoms with E-state index in [-0.39, 0.29) is 0 Å². The van der Waals surface area contributed by atoms with Crippen LogP contribution in [0.3, 0.4) is 0 Å². The van der Waals surface area contributed by atoms with Crippen LogP contribution in [0.2, 0.25) is 0 Å². The van der Waals surface area contributed by atoms with Crippen molar-refractivity contribution < 1.29 is 8.83 Å². The van der Waals surface area contributed by atoms with Crippen LogP contribution in [-0.4, -0.2) is 9.97 Å². The fourth-order valence-electron chi connectivity index (χ4n) is 0.805. The third kappa shape index (κ3) is 1.02. The Bertz CT molecular complexity index is 337. The Labute approximate surface area is 62.9 Å². The first-order valence-corrected chi connectivity index (χ1v) is 3.18. The molecule has 56 valence electrons. The molecule has 0 fully saturated rings. The summed E-state index contributed by atoms with van der Waals surface area (Å²) in [5, 5.41) is 0. The van der Waals surface area contributed by atoms with Gasteiger partial charge in [-0.15, -0.1) is 0 Å². The summed E-state index contributed by atoms with van der Waals surface area (Å²) in [5.74, 6) is 1.64. The quantitative estimate of drug-likeness (QED) is 0.620. The first-order chi connectivity index (χ1) is 5.36. The standard InChI is InChI=1S/C7H6N2O2/c1-5-9-4-6(11-5)7-8-2-3-10-7/h2-4H,1H3. The zero-order valence-corrected chi connectivity index (χ0v) is 5.94. The monoisotopic (exact) mass is 150 g/mol. The molecule has 4 heteroatoms. The van der Waals surface area contributed by atoms with E-state index in [9.17, 15) is 0 Å². The second kappa shape index (κ2) is 2.23. The largest absolute Gasteiger partial charge is 0.442 e. The molecule has 0 unspecified atom stereocenters. The van der Waals surface area contributed by atoms with E-state index in [0.717, 1.165) is 0 Å². The maximum Gasteiger partial charge on any atom is 0.264 e. The minimum Gasteiger partial charge on any atom is -0.442 e. The van der Waals surface area contributed by atoms with Crippen LogP contribution in [0.1, 0.15) is 5.89 Å². The number of aryl methyl sites for hydroxylation is 1. The smallest absolute Gasteiger partial charge is 0.264 e. The summed E-state index contributed by atoms with van der Waals surface area (Å²) >= 11 is 0. The fraction of sp³-hybridized carbons (Fsp3) is 0.143. The lowest BCUT2D eigenvalue weighted by Crippen LogP contribution is -1.68. The molecule has 2 rings (SSSR count). The van der Waals surface area contributed by atoms with Crippen molar-refractivity contribution in [3.63, 3.8) is 0 Å². The van der Waals surface area contributed by atoms with Crippen LogP contribution in [0, 0.1) is 6.92 Å². The van der Waals surface area contributed by atoms with Crippen molar-refractivity contribution in [1.29, 1.82) is 0 Å². The van der Waals surface area contributed by atoms with E-state index >= 15 is 0 Å². The van der Waals surface area contributed by atoms with Gasteiger partial charge in [-0.25, -0.2) is 9.97 Å². The first-order valence-electron chi connectivity index (χ1n) is 3.18. The van der Waals surface area contributed by atoms with E-state index in [1.807, 2.05) is 0 Å². The highest BCUT2D eigenvalue weighted by atomic mass is 16.4. The summed E-state index contributed by atoms with van der Waals surface area (Å²) in [6.07, 6.45) is 4.64. The summed E-state index contributed by atoms with van der Waals surface area (Å²) in [6, 6.07) is 0. The first kappa shape index (κ1) is 6.15.